The number of pyridine rings is 1. The maximum absolute atomic E-state index is 13.9. The Hall–Kier alpha value is -3.61. The number of ether oxygens (including phenoxy) is 1. The van der Waals surface area contributed by atoms with Gasteiger partial charge in [-0.2, -0.15) is 5.10 Å². The van der Waals surface area contributed by atoms with E-state index in [1.54, 1.807) is 18.1 Å². The molecule has 0 spiro atoms. The maximum Gasteiger partial charge on any atom is 0.255 e. The molecule has 4 aromatic rings. The quantitative estimate of drug-likeness (QED) is 0.489. The molecule has 31 heavy (non-hydrogen) atoms. The first-order valence-electron chi connectivity index (χ1n) is 10.4. The number of likely N-dealkylation sites (tertiary alicyclic amines) is 1. The third-order valence-electron chi connectivity index (χ3n) is 5.99. The summed E-state index contributed by atoms with van der Waals surface area (Å²) >= 11 is 0. The number of carbonyl (C=O) groups excluding carboxylic acids is 1. The Morgan fingerprint density at radius 2 is 2.03 bits per heavy atom. The first kappa shape index (κ1) is 19.4. The van der Waals surface area contributed by atoms with Crippen LogP contribution in [0.25, 0.3) is 22.5 Å². The molecular formula is C24H24N4O3. The number of carbonyl (C=O) groups is 1. The van der Waals surface area contributed by atoms with Crippen molar-refractivity contribution >= 4 is 16.9 Å². The molecule has 4 heterocycles. The highest BCUT2D eigenvalue weighted by molar-refractivity contribution is 6.07. The van der Waals surface area contributed by atoms with Gasteiger partial charge in [0, 0.05) is 13.6 Å². The van der Waals surface area contributed by atoms with Crippen molar-refractivity contribution in [2.45, 2.75) is 25.8 Å². The molecule has 1 aliphatic rings. The van der Waals surface area contributed by atoms with Gasteiger partial charge < -0.3 is 14.1 Å². The smallest absolute Gasteiger partial charge is 0.255 e. The van der Waals surface area contributed by atoms with Gasteiger partial charge in [0.1, 0.15) is 11.4 Å². The minimum atomic E-state index is -0.00498. The predicted molar refractivity (Wildman–Crippen MR) is 117 cm³/mol. The Morgan fingerprint density at radius 1 is 1.23 bits per heavy atom. The zero-order valence-electron chi connectivity index (χ0n) is 17.8. The second kappa shape index (κ2) is 7.58. The Bertz CT molecular complexity index is 1240. The highest BCUT2D eigenvalue weighted by Gasteiger charge is 2.32. The number of aromatic nitrogens is 3. The van der Waals surface area contributed by atoms with Crippen LogP contribution in [-0.2, 0) is 7.05 Å². The maximum atomic E-state index is 13.9. The van der Waals surface area contributed by atoms with Crippen LogP contribution in [0.3, 0.4) is 0 Å². The summed E-state index contributed by atoms with van der Waals surface area (Å²) in [5.74, 6) is 1.43. The van der Waals surface area contributed by atoms with Gasteiger partial charge in [-0.25, -0.2) is 4.98 Å². The van der Waals surface area contributed by atoms with Gasteiger partial charge in [-0.1, -0.05) is 12.1 Å². The molecule has 1 fully saturated rings. The van der Waals surface area contributed by atoms with Crippen LogP contribution in [0.15, 0.2) is 53.1 Å². The van der Waals surface area contributed by atoms with Gasteiger partial charge in [-0.05, 0) is 55.7 Å². The molecule has 1 unspecified atom stereocenters. The van der Waals surface area contributed by atoms with Gasteiger partial charge >= 0.3 is 0 Å². The van der Waals surface area contributed by atoms with Crippen molar-refractivity contribution in [3.8, 4) is 17.2 Å². The lowest BCUT2D eigenvalue weighted by molar-refractivity contribution is 0.0737. The van der Waals surface area contributed by atoms with E-state index in [2.05, 4.69) is 5.10 Å². The molecule has 0 bridgehead atoms. The zero-order chi connectivity index (χ0) is 21.5. The van der Waals surface area contributed by atoms with Crippen molar-refractivity contribution in [2.75, 3.05) is 13.7 Å². The molecular weight excluding hydrogens is 392 g/mol. The number of methoxy groups -OCH3 is 1. The zero-order valence-corrected chi connectivity index (χ0v) is 17.8. The molecule has 1 aliphatic heterocycles. The Morgan fingerprint density at radius 3 is 2.74 bits per heavy atom. The fraction of sp³-hybridized carbons (Fsp3) is 0.292. The number of benzene rings is 1. The number of hydrogen-bond acceptors (Lipinski definition) is 5. The number of rotatable bonds is 4. The van der Waals surface area contributed by atoms with Crippen molar-refractivity contribution in [1.29, 1.82) is 0 Å². The van der Waals surface area contributed by atoms with E-state index < -0.39 is 0 Å². The van der Waals surface area contributed by atoms with E-state index in [9.17, 15) is 4.79 Å². The highest BCUT2D eigenvalue weighted by Crippen LogP contribution is 2.36. The summed E-state index contributed by atoms with van der Waals surface area (Å²) in [7, 11) is 3.50. The van der Waals surface area contributed by atoms with E-state index in [-0.39, 0.29) is 11.9 Å². The molecule has 158 valence electrons. The topological polar surface area (TPSA) is 73.4 Å². The van der Waals surface area contributed by atoms with Crippen LogP contribution < -0.4 is 4.74 Å². The summed E-state index contributed by atoms with van der Waals surface area (Å²) in [5, 5.41) is 5.31. The van der Waals surface area contributed by atoms with Crippen LogP contribution in [0.2, 0.25) is 0 Å². The van der Waals surface area contributed by atoms with Crippen molar-refractivity contribution < 1.29 is 13.9 Å². The normalized spacial score (nSPS) is 16.2. The summed E-state index contributed by atoms with van der Waals surface area (Å²) in [4.78, 5) is 20.6. The molecule has 0 saturated carbocycles. The average Bonchev–Trinajstić information content (AvgIpc) is 3.54. The van der Waals surface area contributed by atoms with Gasteiger partial charge in [-0.3, -0.25) is 9.48 Å². The molecule has 1 atom stereocenters. The third kappa shape index (κ3) is 3.26. The lowest BCUT2D eigenvalue weighted by Crippen LogP contribution is -2.30. The van der Waals surface area contributed by atoms with E-state index in [0.29, 0.717) is 22.7 Å². The molecule has 3 aromatic heterocycles. The number of furan rings is 1. The van der Waals surface area contributed by atoms with Crippen LogP contribution in [0.4, 0.5) is 0 Å². The van der Waals surface area contributed by atoms with Crippen LogP contribution in [0, 0.1) is 6.92 Å². The Balaban J connectivity index is 1.59. The van der Waals surface area contributed by atoms with E-state index in [4.69, 9.17) is 14.1 Å². The molecule has 0 aliphatic carbocycles. The van der Waals surface area contributed by atoms with Gasteiger partial charge in [0.25, 0.3) is 5.91 Å². The average molecular weight is 416 g/mol. The van der Waals surface area contributed by atoms with Crippen molar-refractivity contribution in [3.05, 3.63) is 65.5 Å². The summed E-state index contributed by atoms with van der Waals surface area (Å²) < 4.78 is 12.6. The number of aryl methyl sites for hydroxylation is 2. The van der Waals surface area contributed by atoms with E-state index in [1.165, 1.54) is 0 Å². The largest absolute Gasteiger partial charge is 0.497 e. The monoisotopic (exact) mass is 416 g/mol. The SMILES string of the molecule is COc1ccc(C2CCCN2C(=O)c2cc(-c3ccco3)nc3c2c(C)nn3C)cc1. The molecule has 7 nitrogen and oxygen atoms in total. The van der Waals surface area contributed by atoms with Gasteiger partial charge in [0.15, 0.2) is 11.4 Å². The highest BCUT2D eigenvalue weighted by atomic mass is 16.5. The number of amides is 1. The lowest BCUT2D eigenvalue weighted by atomic mass is 10.0. The Kier molecular flexibility index (Phi) is 4.73. The molecule has 7 heteroatoms. The van der Waals surface area contributed by atoms with E-state index >= 15 is 0 Å². The van der Waals surface area contributed by atoms with Crippen LogP contribution in [0.1, 0.15) is 40.5 Å². The fourth-order valence-corrected chi connectivity index (χ4v) is 4.50. The lowest BCUT2D eigenvalue weighted by Gasteiger charge is -2.26. The van der Waals surface area contributed by atoms with Crippen LogP contribution >= 0.6 is 0 Å². The van der Waals surface area contributed by atoms with Crippen molar-refractivity contribution in [2.24, 2.45) is 7.05 Å². The van der Waals surface area contributed by atoms with Crippen LogP contribution in [0.5, 0.6) is 5.75 Å². The standard InChI is InChI=1S/C24H24N4O3/c1-15-22-18(14-19(21-7-5-13-31-21)25-23(22)27(2)26-15)24(29)28-12-4-6-20(28)16-8-10-17(30-3)11-9-16/h5,7-11,13-14,20H,4,6,12H2,1-3H3. The molecule has 1 saturated heterocycles. The summed E-state index contributed by atoms with van der Waals surface area (Å²) in [5.41, 5.74) is 3.83. The predicted octanol–water partition coefficient (Wildman–Crippen LogP) is 4.52. The minimum absolute atomic E-state index is 0.00498. The van der Waals surface area contributed by atoms with Gasteiger partial charge in [-0.15, -0.1) is 0 Å². The first-order chi connectivity index (χ1) is 15.1. The van der Waals surface area contributed by atoms with Crippen LogP contribution in [-0.4, -0.2) is 39.2 Å². The summed E-state index contributed by atoms with van der Waals surface area (Å²) in [6.07, 6.45) is 3.51. The number of fused-ring (bicyclic) bond motifs is 1. The van der Waals surface area contributed by atoms with Crippen molar-refractivity contribution in [3.63, 3.8) is 0 Å². The molecule has 5 rings (SSSR count). The summed E-state index contributed by atoms with van der Waals surface area (Å²) in [6.45, 7) is 2.63. The first-order valence-corrected chi connectivity index (χ1v) is 10.4. The van der Waals surface area contributed by atoms with Crippen molar-refractivity contribution in [1.82, 2.24) is 19.7 Å². The van der Waals surface area contributed by atoms with E-state index in [0.717, 1.165) is 41.8 Å². The molecule has 0 N–H and O–H groups in total. The fourth-order valence-electron chi connectivity index (χ4n) is 4.50. The van der Waals surface area contributed by atoms with E-state index in [1.807, 2.05) is 61.3 Å². The second-order valence-electron chi connectivity index (χ2n) is 7.87. The second-order valence-corrected chi connectivity index (χ2v) is 7.87. The van der Waals surface area contributed by atoms with Gasteiger partial charge in [0.2, 0.25) is 0 Å². The minimum Gasteiger partial charge on any atom is -0.497 e. The van der Waals surface area contributed by atoms with Gasteiger partial charge in [0.05, 0.1) is 36.1 Å². The summed E-state index contributed by atoms with van der Waals surface area (Å²) in [6, 6.07) is 13.5. The third-order valence-corrected chi connectivity index (χ3v) is 5.99. The molecule has 0 radical (unpaired) electrons. The molecule has 1 amide bonds. The molecule has 1 aromatic carbocycles. The number of hydrogen-bond donors (Lipinski definition) is 0. The Labute approximate surface area is 180 Å². The number of nitrogens with zero attached hydrogens (tertiary/aromatic N) is 4.